The molecule has 2 N–H and O–H groups in total. The van der Waals surface area contributed by atoms with Crippen LogP contribution in [0.25, 0.3) is 0 Å². The summed E-state index contributed by atoms with van der Waals surface area (Å²) in [6, 6.07) is 8.17. The predicted octanol–water partition coefficient (Wildman–Crippen LogP) is 2.45. The monoisotopic (exact) mass is 555 g/mol. The van der Waals surface area contributed by atoms with Crippen molar-refractivity contribution in [3.05, 3.63) is 35.9 Å². The molecule has 1 aromatic carbocycles. The summed E-state index contributed by atoms with van der Waals surface area (Å²) < 4.78 is 10.8. The smallest absolute Gasteiger partial charge is 0.234 e. The Morgan fingerprint density at radius 1 is 1.02 bits per heavy atom. The fourth-order valence-electron chi connectivity index (χ4n) is 5.83. The third kappa shape index (κ3) is 8.94. The maximum absolute atomic E-state index is 13.8. The van der Waals surface area contributed by atoms with Crippen molar-refractivity contribution in [1.82, 2.24) is 15.5 Å². The number of hydrogen-bond acceptors (Lipinski definition) is 7. The number of nitrogens with zero attached hydrogens (tertiary/aromatic N) is 1. The zero-order chi connectivity index (χ0) is 28.5. The predicted molar refractivity (Wildman–Crippen MR) is 151 cm³/mol. The van der Waals surface area contributed by atoms with Crippen molar-refractivity contribution in [2.75, 3.05) is 39.5 Å². The van der Waals surface area contributed by atoms with Gasteiger partial charge in [-0.25, -0.2) is 0 Å². The Morgan fingerprint density at radius 2 is 1.70 bits per heavy atom. The number of rotatable bonds is 14. The number of Topliss-reactive ketones (excluding diaryl/α,β-unsaturated/α-hetero) is 2. The molecular weight excluding hydrogens is 510 g/mol. The van der Waals surface area contributed by atoms with Crippen molar-refractivity contribution < 1.29 is 28.7 Å². The molecule has 4 atom stereocenters. The summed E-state index contributed by atoms with van der Waals surface area (Å²) in [6.45, 7) is 6.57. The van der Waals surface area contributed by atoms with Crippen LogP contribution in [-0.4, -0.2) is 85.4 Å². The molecule has 0 bridgehead atoms. The Bertz CT molecular complexity index is 1020. The summed E-state index contributed by atoms with van der Waals surface area (Å²) >= 11 is 0. The molecule has 2 saturated heterocycles. The van der Waals surface area contributed by atoms with Crippen molar-refractivity contribution in [3.8, 4) is 0 Å². The highest BCUT2D eigenvalue weighted by atomic mass is 16.6. The van der Waals surface area contributed by atoms with Crippen molar-refractivity contribution in [2.45, 2.75) is 82.9 Å². The van der Waals surface area contributed by atoms with Gasteiger partial charge >= 0.3 is 0 Å². The minimum Gasteiger partial charge on any atom is -0.379 e. The largest absolute Gasteiger partial charge is 0.379 e. The number of epoxide rings is 1. The van der Waals surface area contributed by atoms with Gasteiger partial charge in [0, 0.05) is 25.4 Å². The van der Waals surface area contributed by atoms with Crippen LogP contribution >= 0.6 is 0 Å². The lowest BCUT2D eigenvalue weighted by Gasteiger charge is -2.29. The molecule has 0 unspecified atom stereocenters. The normalized spacial score (nSPS) is 23.9. The first-order valence-electron chi connectivity index (χ1n) is 14.9. The van der Waals surface area contributed by atoms with E-state index in [-0.39, 0.29) is 36.3 Å². The molecule has 3 aliphatic rings. The van der Waals surface area contributed by atoms with E-state index >= 15 is 0 Å². The Morgan fingerprint density at radius 3 is 2.35 bits per heavy atom. The molecule has 0 aromatic heterocycles. The summed E-state index contributed by atoms with van der Waals surface area (Å²) in [4.78, 5) is 55.0. The summed E-state index contributed by atoms with van der Waals surface area (Å²) in [5.74, 6) is -0.985. The van der Waals surface area contributed by atoms with E-state index in [1.165, 1.54) is 6.42 Å². The first-order valence-corrected chi connectivity index (χ1v) is 14.9. The van der Waals surface area contributed by atoms with E-state index in [0.717, 1.165) is 31.2 Å². The number of morpholine rings is 1. The zero-order valence-corrected chi connectivity index (χ0v) is 24.0. The van der Waals surface area contributed by atoms with E-state index in [9.17, 15) is 19.2 Å². The quantitative estimate of drug-likeness (QED) is 0.339. The number of carbonyl (C=O) groups is 4. The average molecular weight is 556 g/mol. The third-order valence-corrected chi connectivity index (χ3v) is 8.51. The van der Waals surface area contributed by atoms with Gasteiger partial charge in [-0.15, -0.1) is 0 Å². The highest BCUT2D eigenvalue weighted by Crippen LogP contribution is 2.32. The first-order chi connectivity index (χ1) is 19.2. The van der Waals surface area contributed by atoms with Crippen LogP contribution < -0.4 is 10.6 Å². The van der Waals surface area contributed by atoms with E-state index in [4.69, 9.17) is 9.47 Å². The molecule has 40 heavy (non-hydrogen) atoms. The lowest BCUT2D eigenvalue weighted by molar-refractivity contribution is -0.135. The summed E-state index contributed by atoms with van der Waals surface area (Å²) in [6.07, 6.45) is 6.54. The van der Waals surface area contributed by atoms with E-state index in [0.29, 0.717) is 51.7 Å². The number of benzene rings is 1. The fraction of sp³-hybridized carbons (Fsp3) is 0.677. The van der Waals surface area contributed by atoms with Crippen LogP contribution in [0.2, 0.25) is 0 Å². The van der Waals surface area contributed by atoms with E-state index in [1.54, 1.807) is 13.8 Å². The maximum Gasteiger partial charge on any atom is 0.234 e. The maximum atomic E-state index is 13.8. The third-order valence-electron chi connectivity index (χ3n) is 8.51. The van der Waals surface area contributed by atoms with Crippen molar-refractivity contribution >= 4 is 23.4 Å². The number of carbonyl (C=O) groups excluding carboxylic acids is 4. The van der Waals surface area contributed by atoms with Gasteiger partial charge in [-0.2, -0.15) is 0 Å². The van der Waals surface area contributed by atoms with Gasteiger partial charge in [0.05, 0.1) is 38.4 Å². The van der Waals surface area contributed by atoms with E-state index < -0.39 is 23.6 Å². The van der Waals surface area contributed by atoms with Crippen LogP contribution in [0.1, 0.15) is 64.4 Å². The van der Waals surface area contributed by atoms with Crippen LogP contribution in [0.5, 0.6) is 0 Å². The highest BCUT2D eigenvalue weighted by Gasteiger charge is 2.50. The van der Waals surface area contributed by atoms with Gasteiger partial charge in [-0.3, -0.25) is 24.1 Å². The first kappa shape index (κ1) is 30.3. The number of ketones is 2. The van der Waals surface area contributed by atoms with Gasteiger partial charge in [-0.05, 0) is 38.2 Å². The van der Waals surface area contributed by atoms with Crippen LogP contribution in [0.15, 0.2) is 30.3 Å². The van der Waals surface area contributed by atoms with Crippen LogP contribution in [0.3, 0.4) is 0 Å². The van der Waals surface area contributed by atoms with Gasteiger partial charge in [0.25, 0.3) is 0 Å². The summed E-state index contributed by atoms with van der Waals surface area (Å²) in [5, 5.41) is 5.84. The standard InChI is InChI=1S/C31H45N3O6/c1-22(32-28(36)20-34-13-15-39-16-14-34)27(35)19-25(17-23-9-5-3-6-10-23)30(38)33-26(29(37)31(2)21-40-31)18-24-11-7-4-8-12-24/h4,7-8,11-12,22-23,25-26H,3,5-6,9-10,13-21H2,1-2H3,(H,32,36)(H,33,38)/t22-,25+,26-,31+/m0/s1. The topological polar surface area (TPSA) is 117 Å². The molecule has 4 rings (SSSR count). The Balaban J connectivity index is 1.41. The van der Waals surface area contributed by atoms with Crippen molar-refractivity contribution in [2.24, 2.45) is 11.8 Å². The van der Waals surface area contributed by atoms with Gasteiger partial charge in [-0.1, -0.05) is 62.4 Å². The molecule has 9 heteroatoms. The molecule has 1 saturated carbocycles. The Hall–Kier alpha value is -2.62. The Kier molecular flexibility index (Phi) is 10.9. The molecule has 0 spiro atoms. The fourth-order valence-corrected chi connectivity index (χ4v) is 5.83. The van der Waals surface area contributed by atoms with Crippen LogP contribution in [0.4, 0.5) is 0 Å². The summed E-state index contributed by atoms with van der Waals surface area (Å²) in [7, 11) is 0. The lowest BCUT2D eigenvalue weighted by Crippen LogP contribution is -2.50. The van der Waals surface area contributed by atoms with Gasteiger partial charge in [0.15, 0.2) is 11.6 Å². The number of amides is 2. The minimum absolute atomic E-state index is 0.0291. The Labute approximate surface area is 237 Å². The van der Waals surface area contributed by atoms with Gasteiger partial charge < -0.3 is 20.1 Å². The van der Waals surface area contributed by atoms with Crippen LogP contribution in [-0.2, 0) is 35.1 Å². The summed E-state index contributed by atoms with van der Waals surface area (Å²) in [5.41, 5.74) is 0.0719. The van der Waals surface area contributed by atoms with E-state index in [2.05, 4.69) is 10.6 Å². The SMILES string of the molecule is C[C@H](NC(=O)CN1CCOCC1)C(=O)C[C@@H](CC1CCCCC1)C(=O)N[C@@H](Cc1ccccc1)C(=O)[C@@]1(C)CO1. The number of nitrogens with one attached hydrogen (secondary N) is 2. The molecule has 2 aliphatic heterocycles. The second kappa shape index (κ2) is 14.3. The number of ether oxygens (including phenoxy) is 2. The zero-order valence-electron chi connectivity index (χ0n) is 24.0. The second-order valence-electron chi connectivity index (χ2n) is 11.9. The molecule has 9 nitrogen and oxygen atoms in total. The van der Waals surface area contributed by atoms with Gasteiger partial charge in [0.2, 0.25) is 11.8 Å². The lowest BCUT2D eigenvalue weighted by atomic mass is 9.80. The van der Waals surface area contributed by atoms with Crippen LogP contribution in [0, 0.1) is 11.8 Å². The van der Waals surface area contributed by atoms with Crippen molar-refractivity contribution in [3.63, 3.8) is 0 Å². The molecule has 2 heterocycles. The second-order valence-corrected chi connectivity index (χ2v) is 11.9. The molecular formula is C31H45N3O6. The van der Waals surface area contributed by atoms with E-state index in [1.807, 2.05) is 35.2 Å². The minimum atomic E-state index is -0.874. The average Bonchev–Trinajstić information content (AvgIpc) is 3.71. The molecule has 3 fully saturated rings. The molecule has 2 amide bonds. The molecule has 220 valence electrons. The number of hydrogen-bond donors (Lipinski definition) is 2. The molecule has 1 aromatic rings. The van der Waals surface area contributed by atoms with Gasteiger partial charge in [0.1, 0.15) is 5.60 Å². The molecule has 0 radical (unpaired) electrons. The highest BCUT2D eigenvalue weighted by molar-refractivity contribution is 5.98. The molecule has 1 aliphatic carbocycles. The van der Waals surface area contributed by atoms with Crippen molar-refractivity contribution in [1.29, 1.82) is 0 Å².